The zero-order valence-electron chi connectivity index (χ0n) is 14.7. The van der Waals surface area contributed by atoms with Crippen LogP contribution in [-0.4, -0.2) is 32.3 Å². The van der Waals surface area contributed by atoms with Crippen LogP contribution in [0, 0.1) is 0 Å². The quantitative estimate of drug-likeness (QED) is 0.571. The van der Waals surface area contributed by atoms with Crippen molar-refractivity contribution < 1.29 is 9.53 Å². The number of aromatic nitrogens is 4. The van der Waals surface area contributed by atoms with Crippen molar-refractivity contribution in [3.63, 3.8) is 0 Å². The number of carbonyl (C=O) groups excluding carboxylic acids is 1. The minimum absolute atomic E-state index is 0.351. The third-order valence-electron chi connectivity index (χ3n) is 3.96. The number of hydrogen-bond acceptors (Lipinski definition) is 4. The molecule has 0 radical (unpaired) electrons. The van der Waals surface area contributed by atoms with E-state index in [9.17, 15) is 4.79 Å². The van der Waals surface area contributed by atoms with Gasteiger partial charge in [0.15, 0.2) is 0 Å². The van der Waals surface area contributed by atoms with E-state index in [4.69, 9.17) is 4.74 Å². The first-order chi connectivity index (χ1) is 13.2. The fraction of sp³-hybridized carbons (Fsp3) is 0.105. The first-order valence-electron chi connectivity index (χ1n) is 8.37. The molecule has 136 valence electrons. The highest BCUT2D eigenvalue weighted by Gasteiger charge is 2.07. The lowest BCUT2D eigenvalue weighted by atomic mass is 10.3. The van der Waals surface area contributed by atoms with Crippen LogP contribution in [0.1, 0.15) is 5.69 Å². The number of ether oxygens (including phenoxy) is 1. The number of fused-ring (bicyclic) bond motifs is 1. The Hall–Kier alpha value is -3.81. The summed E-state index contributed by atoms with van der Waals surface area (Å²) in [7, 11) is 1.58. The van der Waals surface area contributed by atoms with Gasteiger partial charge in [0.25, 0.3) is 0 Å². The largest absolute Gasteiger partial charge is 0.497 e. The van der Waals surface area contributed by atoms with E-state index in [-0.39, 0.29) is 6.03 Å². The maximum Gasteiger partial charge on any atom is 0.323 e. The molecule has 4 aromatic rings. The van der Waals surface area contributed by atoms with E-state index in [1.54, 1.807) is 42.4 Å². The van der Waals surface area contributed by atoms with Crippen LogP contribution in [0.5, 0.6) is 5.75 Å². The molecule has 1 aromatic carbocycles. The van der Waals surface area contributed by atoms with Crippen LogP contribution in [0.15, 0.2) is 67.3 Å². The smallest absolute Gasteiger partial charge is 0.323 e. The van der Waals surface area contributed by atoms with Crippen LogP contribution < -0.4 is 15.4 Å². The third-order valence-corrected chi connectivity index (χ3v) is 3.96. The van der Waals surface area contributed by atoms with Crippen LogP contribution in [0.25, 0.3) is 5.65 Å². The number of rotatable bonds is 5. The second-order valence-corrected chi connectivity index (χ2v) is 5.94. The summed E-state index contributed by atoms with van der Waals surface area (Å²) in [5.41, 5.74) is 3.01. The number of urea groups is 1. The number of hydrogen-bond donors (Lipinski definition) is 2. The van der Waals surface area contributed by atoms with Gasteiger partial charge in [-0.15, -0.1) is 0 Å². The topological polar surface area (TPSA) is 85.5 Å². The molecule has 0 saturated heterocycles. The number of carbonyl (C=O) groups is 1. The Balaban J connectivity index is 1.39. The molecule has 0 aliphatic heterocycles. The average Bonchev–Trinajstić information content (AvgIpc) is 3.28. The van der Waals surface area contributed by atoms with Gasteiger partial charge >= 0.3 is 6.03 Å². The van der Waals surface area contributed by atoms with Crippen molar-refractivity contribution in [2.45, 2.75) is 6.54 Å². The highest BCUT2D eigenvalue weighted by atomic mass is 16.5. The minimum Gasteiger partial charge on any atom is -0.497 e. The summed E-state index contributed by atoms with van der Waals surface area (Å²) < 4.78 is 8.83. The average molecular weight is 362 g/mol. The van der Waals surface area contributed by atoms with Gasteiger partial charge in [0.05, 0.1) is 31.2 Å². The fourth-order valence-corrected chi connectivity index (χ4v) is 2.74. The molecule has 0 bridgehead atoms. The van der Waals surface area contributed by atoms with E-state index < -0.39 is 0 Å². The van der Waals surface area contributed by atoms with Gasteiger partial charge < -0.3 is 19.8 Å². The van der Waals surface area contributed by atoms with Crippen LogP contribution in [0.2, 0.25) is 0 Å². The van der Waals surface area contributed by atoms with Gasteiger partial charge in [0.1, 0.15) is 11.4 Å². The molecule has 0 aliphatic carbocycles. The number of nitrogens with zero attached hydrogens (tertiary/aromatic N) is 4. The van der Waals surface area contributed by atoms with Crippen molar-refractivity contribution in [3.05, 3.63) is 72.9 Å². The number of imidazole rings is 1. The number of amides is 2. The first kappa shape index (κ1) is 16.6. The number of nitrogens with one attached hydrogen (secondary N) is 2. The summed E-state index contributed by atoms with van der Waals surface area (Å²) in [4.78, 5) is 16.7. The van der Waals surface area contributed by atoms with E-state index in [0.717, 1.165) is 11.3 Å². The predicted octanol–water partition coefficient (Wildman–Crippen LogP) is 3.23. The van der Waals surface area contributed by atoms with Gasteiger partial charge in [-0.25, -0.2) is 9.78 Å². The summed E-state index contributed by atoms with van der Waals surface area (Å²) in [6.45, 7) is 0.515. The predicted molar refractivity (Wildman–Crippen MR) is 102 cm³/mol. The summed E-state index contributed by atoms with van der Waals surface area (Å²) in [6, 6.07) is 12.6. The summed E-state index contributed by atoms with van der Waals surface area (Å²) >= 11 is 0. The number of pyridine rings is 1. The molecule has 0 aliphatic rings. The van der Waals surface area contributed by atoms with Gasteiger partial charge in [-0.3, -0.25) is 4.68 Å². The van der Waals surface area contributed by atoms with Gasteiger partial charge in [0.2, 0.25) is 0 Å². The molecule has 27 heavy (non-hydrogen) atoms. The number of benzene rings is 1. The Bertz CT molecular complexity index is 1050. The van der Waals surface area contributed by atoms with E-state index in [0.29, 0.717) is 23.7 Å². The second-order valence-electron chi connectivity index (χ2n) is 5.94. The molecule has 0 atom stereocenters. The SMILES string of the molecule is COc1cccc(NC(=O)Nc2cnn(Cc3cn4ccccc4n3)c2)c1. The zero-order chi connectivity index (χ0) is 18.6. The van der Waals surface area contributed by atoms with E-state index in [2.05, 4.69) is 20.7 Å². The summed E-state index contributed by atoms with van der Waals surface area (Å²) in [5.74, 6) is 0.674. The van der Waals surface area contributed by atoms with Crippen molar-refractivity contribution >= 4 is 23.1 Å². The molecule has 8 nitrogen and oxygen atoms in total. The van der Waals surface area contributed by atoms with E-state index in [1.807, 2.05) is 41.1 Å². The third kappa shape index (κ3) is 3.90. The van der Waals surface area contributed by atoms with E-state index >= 15 is 0 Å². The molecule has 3 aromatic heterocycles. The number of anilines is 2. The van der Waals surface area contributed by atoms with Gasteiger partial charge in [-0.2, -0.15) is 5.10 Å². The number of methoxy groups -OCH3 is 1. The van der Waals surface area contributed by atoms with Crippen molar-refractivity contribution in [3.8, 4) is 5.75 Å². The second kappa shape index (κ2) is 7.20. The maximum atomic E-state index is 12.2. The molecule has 2 N–H and O–H groups in total. The Morgan fingerprint density at radius 2 is 2.00 bits per heavy atom. The Morgan fingerprint density at radius 3 is 2.85 bits per heavy atom. The van der Waals surface area contributed by atoms with Crippen LogP contribution >= 0.6 is 0 Å². The monoisotopic (exact) mass is 362 g/mol. The highest BCUT2D eigenvalue weighted by Crippen LogP contribution is 2.17. The van der Waals surface area contributed by atoms with Crippen molar-refractivity contribution in [2.75, 3.05) is 17.7 Å². The molecule has 4 rings (SSSR count). The lowest BCUT2D eigenvalue weighted by Crippen LogP contribution is -2.19. The standard InChI is InChI=1S/C19H18N6O2/c1-27-17-6-4-5-14(9-17)22-19(26)23-15-10-20-25(12-15)13-16-11-24-8-3-2-7-18(24)21-16/h2-12H,13H2,1H3,(H2,22,23,26). The normalized spacial score (nSPS) is 10.7. The molecule has 8 heteroatoms. The Morgan fingerprint density at radius 1 is 1.11 bits per heavy atom. The maximum absolute atomic E-state index is 12.2. The van der Waals surface area contributed by atoms with Crippen molar-refractivity contribution in [1.82, 2.24) is 19.2 Å². The summed E-state index contributed by atoms with van der Waals surface area (Å²) in [5, 5.41) is 9.79. The lowest BCUT2D eigenvalue weighted by molar-refractivity contribution is 0.262. The summed E-state index contributed by atoms with van der Waals surface area (Å²) in [6.07, 6.45) is 7.26. The zero-order valence-corrected chi connectivity index (χ0v) is 14.7. The fourth-order valence-electron chi connectivity index (χ4n) is 2.74. The van der Waals surface area contributed by atoms with Gasteiger partial charge in [-0.1, -0.05) is 12.1 Å². The first-order valence-corrected chi connectivity index (χ1v) is 8.37. The lowest BCUT2D eigenvalue weighted by Gasteiger charge is -2.07. The Labute approximate surface area is 155 Å². The van der Waals surface area contributed by atoms with Gasteiger partial charge in [0, 0.05) is 30.3 Å². The molecule has 3 heterocycles. The van der Waals surface area contributed by atoms with Crippen LogP contribution in [0.4, 0.5) is 16.2 Å². The van der Waals surface area contributed by atoms with Crippen LogP contribution in [-0.2, 0) is 6.54 Å². The molecular formula is C19H18N6O2. The molecule has 0 saturated carbocycles. The van der Waals surface area contributed by atoms with Crippen molar-refractivity contribution in [1.29, 1.82) is 0 Å². The Kier molecular flexibility index (Phi) is 4.44. The molecule has 0 spiro atoms. The van der Waals surface area contributed by atoms with E-state index in [1.165, 1.54) is 0 Å². The minimum atomic E-state index is -0.351. The molecule has 0 fully saturated rings. The van der Waals surface area contributed by atoms with Gasteiger partial charge in [-0.05, 0) is 24.3 Å². The molecule has 2 amide bonds. The highest BCUT2D eigenvalue weighted by molar-refractivity contribution is 5.99. The van der Waals surface area contributed by atoms with Crippen LogP contribution in [0.3, 0.4) is 0 Å². The van der Waals surface area contributed by atoms with Crippen molar-refractivity contribution in [2.24, 2.45) is 0 Å². The molecular weight excluding hydrogens is 344 g/mol. The molecule has 0 unspecified atom stereocenters.